The van der Waals surface area contributed by atoms with E-state index in [0.717, 1.165) is 30.3 Å². The molecule has 0 fully saturated rings. The fourth-order valence-corrected chi connectivity index (χ4v) is 1.76. The topological polar surface area (TPSA) is 55.0 Å². The molecule has 0 aliphatic carbocycles. The average molecular weight is 242 g/mol. The van der Waals surface area contributed by atoms with E-state index >= 15 is 0 Å². The Morgan fingerprint density at radius 2 is 1.78 bits per heavy atom. The number of nitrogens with zero attached hydrogens (tertiary/aromatic N) is 3. The number of hydrogen-bond donors (Lipinski definition) is 1. The highest BCUT2D eigenvalue weighted by atomic mass is 15.3. The van der Waals surface area contributed by atoms with Gasteiger partial charge in [-0.3, -0.25) is 0 Å². The molecule has 2 rings (SSSR count). The lowest BCUT2D eigenvalue weighted by Gasteiger charge is -2.21. The van der Waals surface area contributed by atoms with Gasteiger partial charge in [-0.2, -0.15) is 5.10 Å². The quantitative estimate of drug-likeness (QED) is 0.836. The summed E-state index contributed by atoms with van der Waals surface area (Å²) in [6, 6.07) is 11.9. The summed E-state index contributed by atoms with van der Waals surface area (Å²) in [5, 5.41) is 8.31. The van der Waals surface area contributed by atoms with Crippen molar-refractivity contribution in [1.29, 1.82) is 0 Å². The lowest BCUT2D eigenvalue weighted by Crippen LogP contribution is -2.23. The molecule has 2 aromatic rings. The van der Waals surface area contributed by atoms with Crippen LogP contribution in [-0.4, -0.2) is 16.7 Å². The van der Waals surface area contributed by atoms with Crippen molar-refractivity contribution in [3.05, 3.63) is 47.7 Å². The fourth-order valence-electron chi connectivity index (χ4n) is 1.76. The summed E-state index contributed by atoms with van der Waals surface area (Å²) in [5.74, 6) is 0.903. The van der Waals surface area contributed by atoms with Crippen LogP contribution < -0.4 is 10.6 Å². The molecule has 0 amide bonds. The molecule has 0 unspecified atom stereocenters. The highest BCUT2D eigenvalue weighted by molar-refractivity contribution is 5.42. The molecular weight excluding hydrogens is 224 g/mol. The van der Waals surface area contributed by atoms with Gasteiger partial charge < -0.3 is 10.6 Å². The number of nitrogen functional groups attached to an aromatic ring is 1. The third-order valence-electron chi connectivity index (χ3n) is 2.84. The van der Waals surface area contributed by atoms with Gasteiger partial charge in [0.05, 0.1) is 5.69 Å². The highest BCUT2D eigenvalue weighted by Crippen LogP contribution is 2.14. The molecule has 0 bridgehead atoms. The molecule has 4 heteroatoms. The minimum Gasteiger partial charge on any atom is -0.399 e. The van der Waals surface area contributed by atoms with Gasteiger partial charge in [-0.05, 0) is 43.7 Å². The van der Waals surface area contributed by atoms with Crippen molar-refractivity contribution in [1.82, 2.24) is 10.2 Å². The zero-order valence-corrected chi connectivity index (χ0v) is 10.8. The van der Waals surface area contributed by atoms with Crippen LogP contribution in [0.1, 0.15) is 18.2 Å². The van der Waals surface area contributed by atoms with E-state index in [1.54, 1.807) is 0 Å². The van der Waals surface area contributed by atoms with E-state index in [0.29, 0.717) is 0 Å². The molecule has 0 saturated heterocycles. The Morgan fingerprint density at radius 3 is 2.33 bits per heavy atom. The van der Waals surface area contributed by atoms with Crippen LogP contribution in [0.4, 0.5) is 11.5 Å². The van der Waals surface area contributed by atoms with Crippen LogP contribution in [0.2, 0.25) is 0 Å². The van der Waals surface area contributed by atoms with Gasteiger partial charge in [-0.25, -0.2) is 0 Å². The standard InChI is InChI=1S/C14H18N4/c1-3-18(14-9-4-11(2)16-17-14)10-12-5-7-13(15)8-6-12/h4-9H,3,10,15H2,1-2H3. The molecule has 2 N–H and O–H groups in total. The average Bonchev–Trinajstić information content (AvgIpc) is 2.39. The van der Waals surface area contributed by atoms with Crippen LogP contribution in [-0.2, 0) is 6.54 Å². The van der Waals surface area contributed by atoms with Crippen molar-refractivity contribution in [3.8, 4) is 0 Å². The second-order valence-electron chi connectivity index (χ2n) is 4.29. The number of aryl methyl sites for hydroxylation is 1. The summed E-state index contributed by atoms with van der Waals surface area (Å²) in [6.45, 7) is 5.75. The van der Waals surface area contributed by atoms with E-state index in [-0.39, 0.29) is 0 Å². The van der Waals surface area contributed by atoms with Gasteiger partial charge >= 0.3 is 0 Å². The van der Waals surface area contributed by atoms with Gasteiger partial charge in [0.15, 0.2) is 5.82 Å². The van der Waals surface area contributed by atoms with Gasteiger partial charge in [0.2, 0.25) is 0 Å². The Hall–Kier alpha value is -2.10. The third kappa shape index (κ3) is 2.97. The molecule has 4 nitrogen and oxygen atoms in total. The van der Waals surface area contributed by atoms with E-state index in [2.05, 4.69) is 22.0 Å². The lowest BCUT2D eigenvalue weighted by atomic mass is 10.2. The Labute approximate surface area is 107 Å². The van der Waals surface area contributed by atoms with Gasteiger partial charge in [-0.15, -0.1) is 5.10 Å². The first-order valence-electron chi connectivity index (χ1n) is 6.08. The summed E-state index contributed by atoms with van der Waals surface area (Å²) in [6.07, 6.45) is 0. The number of benzene rings is 1. The van der Waals surface area contributed by atoms with Crippen molar-refractivity contribution in [2.24, 2.45) is 0 Å². The molecule has 1 aromatic carbocycles. The predicted molar refractivity (Wildman–Crippen MR) is 74.3 cm³/mol. The molecule has 1 heterocycles. The number of anilines is 2. The normalized spacial score (nSPS) is 10.3. The second-order valence-corrected chi connectivity index (χ2v) is 4.29. The molecule has 18 heavy (non-hydrogen) atoms. The first kappa shape index (κ1) is 12.4. The summed E-state index contributed by atoms with van der Waals surface area (Å²) < 4.78 is 0. The van der Waals surface area contributed by atoms with Crippen LogP contribution in [0, 0.1) is 6.92 Å². The van der Waals surface area contributed by atoms with Crippen LogP contribution in [0.3, 0.4) is 0 Å². The fraction of sp³-hybridized carbons (Fsp3) is 0.286. The zero-order chi connectivity index (χ0) is 13.0. The largest absolute Gasteiger partial charge is 0.399 e. The second kappa shape index (κ2) is 5.49. The maximum atomic E-state index is 5.68. The van der Waals surface area contributed by atoms with E-state index in [1.807, 2.05) is 43.3 Å². The maximum Gasteiger partial charge on any atom is 0.151 e. The molecule has 0 atom stereocenters. The third-order valence-corrected chi connectivity index (χ3v) is 2.84. The monoisotopic (exact) mass is 242 g/mol. The SMILES string of the molecule is CCN(Cc1ccc(N)cc1)c1ccc(C)nn1. The summed E-state index contributed by atoms with van der Waals surface area (Å²) >= 11 is 0. The van der Waals surface area contributed by atoms with Gasteiger partial charge in [-0.1, -0.05) is 12.1 Å². The lowest BCUT2D eigenvalue weighted by molar-refractivity contribution is 0.792. The smallest absolute Gasteiger partial charge is 0.151 e. The Bertz CT molecular complexity index is 490. The first-order valence-corrected chi connectivity index (χ1v) is 6.08. The van der Waals surface area contributed by atoms with Crippen molar-refractivity contribution >= 4 is 11.5 Å². The molecule has 94 valence electrons. The van der Waals surface area contributed by atoms with E-state index < -0.39 is 0 Å². The number of aromatic nitrogens is 2. The van der Waals surface area contributed by atoms with Crippen LogP contribution in [0.25, 0.3) is 0 Å². The van der Waals surface area contributed by atoms with Crippen LogP contribution >= 0.6 is 0 Å². The van der Waals surface area contributed by atoms with Crippen LogP contribution in [0.5, 0.6) is 0 Å². The molecule has 0 aliphatic heterocycles. The molecular formula is C14H18N4. The number of hydrogen-bond acceptors (Lipinski definition) is 4. The maximum absolute atomic E-state index is 5.68. The van der Waals surface area contributed by atoms with Gasteiger partial charge in [0, 0.05) is 18.8 Å². The van der Waals surface area contributed by atoms with E-state index in [1.165, 1.54) is 5.56 Å². The Morgan fingerprint density at radius 1 is 1.06 bits per heavy atom. The summed E-state index contributed by atoms with van der Waals surface area (Å²) in [4.78, 5) is 2.18. The first-order chi connectivity index (χ1) is 8.69. The summed E-state index contributed by atoms with van der Waals surface area (Å²) in [7, 11) is 0. The molecule has 0 saturated carbocycles. The number of rotatable bonds is 4. The predicted octanol–water partition coefficient (Wildman–Crippen LogP) is 2.39. The summed E-state index contributed by atoms with van der Waals surface area (Å²) in [5.41, 5.74) is 8.62. The van der Waals surface area contributed by atoms with Gasteiger partial charge in [0.25, 0.3) is 0 Å². The van der Waals surface area contributed by atoms with E-state index in [4.69, 9.17) is 5.73 Å². The van der Waals surface area contributed by atoms with Crippen molar-refractivity contribution in [3.63, 3.8) is 0 Å². The molecule has 0 radical (unpaired) electrons. The molecule has 0 aliphatic rings. The Balaban J connectivity index is 2.14. The van der Waals surface area contributed by atoms with E-state index in [9.17, 15) is 0 Å². The highest BCUT2D eigenvalue weighted by Gasteiger charge is 2.06. The van der Waals surface area contributed by atoms with Crippen molar-refractivity contribution in [2.45, 2.75) is 20.4 Å². The minimum absolute atomic E-state index is 0.789. The number of nitrogens with two attached hydrogens (primary N) is 1. The Kier molecular flexibility index (Phi) is 3.77. The zero-order valence-electron chi connectivity index (χ0n) is 10.8. The minimum atomic E-state index is 0.789. The van der Waals surface area contributed by atoms with Crippen molar-refractivity contribution in [2.75, 3.05) is 17.2 Å². The van der Waals surface area contributed by atoms with Crippen molar-refractivity contribution < 1.29 is 0 Å². The van der Waals surface area contributed by atoms with Gasteiger partial charge in [0.1, 0.15) is 0 Å². The van der Waals surface area contributed by atoms with Crippen LogP contribution in [0.15, 0.2) is 36.4 Å². The molecule has 0 spiro atoms. The molecule has 1 aromatic heterocycles.